The van der Waals surface area contributed by atoms with E-state index in [1.165, 1.54) is 0 Å². The van der Waals surface area contributed by atoms with Crippen molar-refractivity contribution in [3.63, 3.8) is 0 Å². The van der Waals surface area contributed by atoms with E-state index in [9.17, 15) is 5.11 Å². The van der Waals surface area contributed by atoms with E-state index >= 15 is 0 Å². The molecule has 21 heavy (non-hydrogen) atoms. The van der Waals surface area contributed by atoms with E-state index in [1.54, 1.807) is 6.07 Å². The van der Waals surface area contributed by atoms with E-state index in [1.807, 2.05) is 24.3 Å². The van der Waals surface area contributed by atoms with Crippen molar-refractivity contribution in [1.82, 2.24) is 4.90 Å². The fourth-order valence-electron chi connectivity index (χ4n) is 2.66. The molecule has 0 spiro atoms. The van der Waals surface area contributed by atoms with Crippen LogP contribution in [0.15, 0.2) is 36.4 Å². The summed E-state index contributed by atoms with van der Waals surface area (Å²) in [4.78, 5) is 2.30. The van der Waals surface area contributed by atoms with E-state index in [2.05, 4.69) is 17.9 Å². The third-order valence-corrected chi connectivity index (χ3v) is 4.03. The first kappa shape index (κ1) is 14.2. The maximum absolute atomic E-state index is 10.3. The Balaban J connectivity index is 2.05. The third-order valence-electron chi connectivity index (χ3n) is 3.80. The summed E-state index contributed by atoms with van der Waals surface area (Å²) >= 11 is 6.05. The highest BCUT2D eigenvalue weighted by molar-refractivity contribution is 6.30. The molecular weight excluding hydrogens is 286 g/mol. The molecule has 0 fully saturated rings. The summed E-state index contributed by atoms with van der Waals surface area (Å²) < 4.78 is 5.71. The second-order valence-corrected chi connectivity index (χ2v) is 5.65. The molecule has 0 aliphatic carbocycles. The Labute approximate surface area is 129 Å². The molecular formula is C17H18ClNO2. The van der Waals surface area contributed by atoms with Crippen LogP contribution in [0.25, 0.3) is 11.1 Å². The summed E-state index contributed by atoms with van der Waals surface area (Å²) in [5.41, 5.74) is 2.97. The van der Waals surface area contributed by atoms with Crippen LogP contribution in [0.5, 0.6) is 11.5 Å². The van der Waals surface area contributed by atoms with Crippen molar-refractivity contribution in [3.8, 4) is 22.6 Å². The van der Waals surface area contributed by atoms with Gasteiger partial charge in [-0.3, -0.25) is 4.90 Å². The van der Waals surface area contributed by atoms with Gasteiger partial charge in [0.15, 0.2) is 11.5 Å². The van der Waals surface area contributed by atoms with Crippen LogP contribution in [0, 0.1) is 0 Å². The summed E-state index contributed by atoms with van der Waals surface area (Å²) in [7, 11) is 0. The van der Waals surface area contributed by atoms with E-state index in [0.29, 0.717) is 17.4 Å². The number of hydrogen-bond donors (Lipinski definition) is 1. The first-order valence-corrected chi connectivity index (χ1v) is 7.52. The molecule has 4 heteroatoms. The normalized spacial score (nSPS) is 15.1. The van der Waals surface area contributed by atoms with Crippen LogP contribution in [0.1, 0.15) is 12.5 Å². The highest BCUT2D eigenvalue weighted by Crippen LogP contribution is 2.37. The summed E-state index contributed by atoms with van der Waals surface area (Å²) in [6, 6.07) is 11.5. The van der Waals surface area contributed by atoms with Gasteiger partial charge in [-0.15, -0.1) is 0 Å². The topological polar surface area (TPSA) is 32.7 Å². The lowest BCUT2D eigenvalue weighted by atomic mass is 10.0. The van der Waals surface area contributed by atoms with E-state index < -0.39 is 0 Å². The third kappa shape index (κ3) is 2.99. The number of phenolic OH excluding ortho intramolecular Hbond substituents is 1. The number of benzene rings is 2. The number of likely N-dealkylation sites (N-methyl/N-ethyl adjacent to an activating group) is 1. The van der Waals surface area contributed by atoms with Gasteiger partial charge in [0.25, 0.3) is 0 Å². The number of phenols is 1. The van der Waals surface area contributed by atoms with Gasteiger partial charge < -0.3 is 9.84 Å². The van der Waals surface area contributed by atoms with Gasteiger partial charge in [0.05, 0.1) is 0 Å². The molecule has 0 bridgehead atoms. The van der Waals surface area contributed by atoms with Gasteiger partial charge >= 0.3 is 0 Å². The zero-order chi connectivity index (χ0) is 14.8. The number of nitrogens with zero attached hydrogens (tertiary/aromatic N) is 1. The molecule has 1 aliphatic heterocycles. The smallest absolute Gasteiger partial charge is 0.165 e. The number of halogens is 1. The first-order chi connectivity index (χ1) is 10.2. The number of rotatable bonds is 2. The minimum Gasteiger partial charge on any atom is -0.504 e. The van der Waals surface area contributed by atoms with Gasteiger partial charge in [-0.2, -0.15) is 0 Å². The molecule has 0 amide bonds. The Kier molecular flexibility index (Phi) is 4.04. The number of ether oxygens (including phenoxy) is 1. The lowest BCUT2D eigenvalue weighted by Crippen LogP contribution is -2.25. The second kappa shape index (κ2) is 5.96. The second-order valence-electron chi connectivity index (χ2n) is 5.21. The zero-order valence-electron chi connectivity index (χ0n) is 12.0. The van der Waals surface area contributed by atoms with E-state index in [4.69, 9.17) is 16.3 Å². The fourth-order valence-corrected chi connectivity index (χ4v) is 2.85. The van der Waals surface area contributed by atoms with Crippen molar-refractivity contribution in [2.24, 2.45) is 0 Å². The quantitative estimate of drug-likeness (QED) is 0.912. The molecule has 1 N–H and O–H groups in total. The summed E-state index contributed by atoms with van der Waals surface area (Å²) in [6.07, 6.45) is 0. The van der Waals surface area contributed by atoms with Crippen LogP contribution < -0.4 is 4.74 Å². The van der Waals surface area contributed by atoms with Crippen LogP contribution in [0.3, 0.4) is 0 Å². The van der Waals surface area contributed by atoms with Crippen LogP contribution in [0.2, 0.25) is 5.02 Å². The molecule has 3 nitrogen and oxygen atoms in total. The molecule has 0 saturated heterocycles. The first-order valence-electron chi connectivity index (χ1n) is 7.14. The van der Waals surface area contributed by atoms with Crippen LogP contribution in [-0.4, -0.2) is 29.7 Å². The van der Waals surface area contributed by atoms with Crippen molar-refractivity contribution in [2.45, 2.75) is 13.5 Å². The van der Waals surface area contributed by atoms with Crippen molar-refractivity contribution in [1.29, 1.82) is 0 Å². The Hall–Kier alpha value is -1.71. The Morgan fingerprint density at radius 3 is 2.86 bits per heavy atom. The van der Waals surface area contributed by atoms with Gasteiger partial charge in [0.2, 0.25) is 0 Å². The fraction of sp³-hybridized carbons (Fsp3) is 0.294. The lowest BCUT2D eigenvalue weighted by Gasteiger charge is -2.17. The highest BCUT2D eigenvalue weighted by Gasteiger charge is 2.18. The molecule has 0 atom stereocenters. The van der Waals surface area contributed by atoms with Crippen molar-refractivity contribution in [2.75, 3.05) is 19.7 Å². The predicted octanol–water partition coefficient (Wildman–Crippen LogP) is 3.93. The molecule has 110 valence electrons. The zero-order valence-corrected chi connectivity index (χ0v) is 12.7. The van der Waals surface area contributed by atoms with Crippen LogP contribution in [-0.2, 0) is 6.54 Å². The van der Waals surface area contributed by atoms with Gasteiger partial charge in [-0.05, 0) is 41.9 Å². The van der Waals surface area contributed by atoms with E-state index in [-0.39, 0.29) is 5.75 Å². The summed E-state index contributed by atoms with van der Waals surface area (Å²) in [5.74, 6) is 0.803. The SMILES string of the molecule is CCN1CCOc2c(O)cc(-c3cccc(Cl)c3)cc2C1. The molecule has 1 heterocycles. The molecule has 0 aromatic heterocycles. The average Bonchev–Trinajstić information content (AvgIpc) is 2.69. The Morgan fingerprint density at radius 1 is 1.24 bits per heavy atom. The van der Waals surface area contributed by atoms with E-state index in [0.717, 1.165) is 36.3 Å². The molecule has 2 aromatic carbocycles. The van der Waals surface area contributed by atoms with Crippen LogP contribution in [0.4, 0.5) is 0 Å². The monoisotopic (exact) mass is 303 g/mol. The predicted molar refractivity (Wildman–Crippen MR) is 85.0 cm³/mol. The summed E-state index contributed by atoms with van der Waals surface area (Å²) in [5, 5.41) is 11.0. The molecule has 1 aliphatic rings. The minimum absolute atomic E-state index is 0.195. The number of hydrogen-bond acceptors (Lipinski definition) is 3. The van der Waals surface area contributed by atoms with Gasteiger partial charge in [-0.1, -0.05) is 30.7 Å². The molecule has 0 radical (unpaired) electrons. The van der Waals surface area contributed by atoms with Crippen molar-refractivity contribution >= 4 is 11.6 Å². The van der Waals surface area contributed by atoms with Gasteiger partial charge in [0, 0.05) is 23.7 Å². The Bertz CT molecular complexity index is 657. The van der Waals surface area contributed by atoms with Gasteiger partial charge in [-0.25, -0.2) is 0 Å². The average molecular weight is 304 g/mol. The molecule has 3 rings (SSSR count). The Morgan fingerprint density at radius 2 is 2.10 bits per heavy atom. The number of fused-ring (bicyclic) bond motifs is 1. The molecule has 0 saturated carbocycles. The molecule has 0 unspecified atom stereocenters. The van der Waals surface area contributed by atoms with Crippen molar-refractivity contribution < 1.29 is 9.84 Å². The largest absolute Gasteiger partial charge is 0.504 e. The van der Waals surface area contributed by atoms with Gasteiger partial charge in [0.1, 0.15) is 6.61 Å². The van der Waals surface area contributed by atoms with Crippen molar-refractivity contribution in [3.05, 3.63) is 47.0 Å². The maximum Gasteiger partial charge on any atom is 0.165 e. The highest BCUT2D eigenvalue weighted by atomic mass is 35.5. The standard InChI is InChI=1S/C17H18ClNO2/c1-2-19-6-7-21-17-14(11-19)8-13(10-16(17)20)12-4-3-5-15(18)9-12/h3-5,8-10,20H,2,6-7,11H2,1H3. The minimum atomic E-state index is 0.195. The van der Waals surface area contributed by atoms with Crippen LogP contribution >= 0.6 is 11.6 Å². The lowest BCUT2D eigenvalue weighted by molar-refractivity contribution is 0.231. The number of aromatic hydroxyl groups is 1. The maximum atomic E-state index is 10.3. The molecule has 2 aromatic rings. The summed E-state index contributed by atoms with van der Waals surface area (Å²) in [6.45, 7) is 5.35.